The predicted molar refractivity (Wildman–Crippen MR) is 207 cm³/mol. The number of likely N-dealkylation sites (N-methyl/N-ethyl adjacent to an activating group) is 1. The summed E-state index contributed by atoms with van der Waals surface area (Å²) >= 11 is 0. The van der Waals surface area contributed by atoms with Gasteiger partial charge in [-0.05, 0) is 70.6 Å². The summed E-state index contributed by atoms with van der Waals surface area (Å²) in [5, 5.41) is 11.0. The van der Waals surface area contributed by atoms with Crippen LogP contribution in [-0.2, 0) is 19.1 Å². The maximum atomic E-state index is 12.9. The van der Waals surface area contributed by atoms with Crippen LogP contribution in [0.4, 0.5) is 0 Å². The van der Waals surface area contributed by atoms with E-state index in [9.17, 15) is 14.8 Å². The molecule has 49 heavy (non-hydrogen) atoms. The minimum atomic E-state index is -1.30. The van der Waals surface area contributed by atoms with E-state index in [1.807, 2.05) is 6.92 Å². The largest absolute Gasteiger partial charge is 0.455 e. The van der Waals surface area contributed by atoms with Gasteiger partial charge >= 0.3 is 17.7 Å². The first kappa shape index (κ1) is 47.3. The van der Waals surface area contributed by atoms with Crippen LogP contribution in [0.25, 0.3) is 0 Å². The van der Waals surface area contributed by atoms with Crippen LogP contribution < -0.4 is 0 Å². The summed E-state index contributed by atoms with van der Waals surface area (Å²) in [5.74, 6) is -0.625. The van der Waals surface area contributed by atoms with Crippen molar-refractivity contribution >= 4 is 11.9 Å². The Labute approximate surface area is 304 Å². The summed E-state index contributed by atoms with van der Waals surface area (Å²) in [6, 6.07) is 0. The summed E-state index contributed by atoms with van der Waals surface area (Å²) in [5.41, 5.74) is -1.30. The predicted octanol–water partition coefficient (Wildman–Crippen LogP) is 13.1. The van der Waals surface area contributed by atoms with Crippen molar-refractivity contribution in [3.05, 3.63) is 24.3 Å². The van der Waals surface area contributed by atoms with Gasteiger partial charge in [0.1, 0.15) is 14.1 Å². The zero-order valence-electron chi connectivity index (χ0n) is 33.3. The number of hydroxylamine groups is 3. The third-order valence-corrected chi connectivity index (χ3v) is 9.69. The molecule has 0 aliphatic carbocycles. The number of rotatable bonds is 36. The van der Waals surface area contributed by atoms with Crippen molar-refractivity contribution in [2.45, 2.75) is 219 Å². The van der Waals surface area contributed by atoms with Crippen LogP contribution in [0.15, 0.2) is 24.3 Å². The normalized spacial score (nSPS) is 13.3. The van der Waals surface area contributed by atoms with Gasteiger partial charge in [-0.2, -0.15) is 0 Å². The van der Waals surface area contributed by atoms with E-state index in [0.29, 0.717) is 25.7 Å². The highest BCUT2D eigenvalue weighted by molar-refractivity contribution is 5.70. The molecule has 1 N–H and O–H groups in total. The fourth-order valence-corrected chi connectivity index (χ4v) is 6.30. The van der Waals surface area contributed by atoms with Gasteiger partial charge in [-0.3, -0.25) is 9.59 Å². The van der Waals surface area contributed by atoms with Crippen molar-refractivity contribution < 1.29 is 28.9 Å². The Kier molecular flexibility index (Phi) is 32.3. The average Bonchev–Trinajstić information content (AvgIpc) is 3.06. The lowest BCUT2D eigenvalue weighted by Gasteiger charge is -2.40. The van der Waals surface area contributed by atoms with Crippen LogP contribution in [0.3, 0.4) is 0 Å². The van der Waals surface area contributed by atoms with Gasteiger partial charge in [0, 0.05) is 19.3 Å². The lowest BCUT2D eigenvalue weighted by molar-refractivity contribution is -1.13. The van der Waals surface area contributed by atoms with E-state index in [1.54, 1.807) is 14.1 Å². The second kappa shape index (κ2) is 33.5. The molecule has 0 aromatic carbocycles. The van der Waals surface area contributed by atoms with E-state index in [1.165, 1.54) is 116 Å². The minimum absolute atomic E-state index is 0.133. The van der Waals surface area contributed by atoms with Gasteiger partial charge in [-0.15, -0.1) is 4.65 Å². The quantitative estimate of drug-likeness (QED) is 0.0177. The van der Waals surface area contributed by atoms with Crippen molar-refractivity contribution in [1.29, 1.82) is 0 Å². The smallest absolute Gasteiger partial charge is 0.310 e. The Bertz CT molecular complexity index is 818. The number of carbonyl (C=O) groups is 2. The first-order valence-electron chi connectivity index (χ1n) is 21.0. The fourth-order valence-electron chi connectivity index (χ4n) is 6.30. The number of hydrogen-bond donors (Lipinski definition) is 1. The van der Waals surface area contributed by atoms with Crippen molar-refractivity contribution in [2.24, 2.45) is 0 Å². The van der Waals surface area contributed by atoms with Gasteiger partial charge in [0.15, 0.2) is 6.61 Å². The molecule has 0 aromatic heterocycles. The fraction of sp³-hybridized carbons (Fsp3) is 0.860. The van der Waals surface area contributed by atoms with Gasteiger partial charge in [-0.25, -0.2) is 5.21 Å². The van der Waals surface area contributed by atoms with Crippen molar-refractivity contribution in [3.8, 4) is 0 Å². The Morgan fingerprint density at radius 3 is 1.22 bits per heavy atom. The number of ether oxygens (including phenoxy) is 2. The lowest BCUT2D eigenvalue weighted by atomic mass is 10.1. The van der Waals surface area contributed by atoms with Crippen molar-refractivity contribution in [3.63, 3.8) is 0 Å². The number of quaternary nitrogens is 1. The molecule has 0 saturated heterocycles. The van der Waals surface area contributed by atoms with Crippen LogP contribution in [0.5, 0.6) is 0 Å². The van der Waals surface area contributed by atoms with Crippen molar-refractivity contribution in [2.75, 3.05) is 20.7 Å². The van der Waals surface area contributed by atoms with Crippen LogP contribution in [0.1, 0.15) is 213 Å². The number of esters is 2. The zero-order valence-corrected chi connectivity index (χ0v) is 33.3. The monoisotopic (exact) mass is 693 g/mol. The van der Waals surface area contributed by atoms with Crippen molar-refractivity contribution in [1.82, 2.24) is 0 Å². The van der Waals surface area contributed by atoms with E-state index < -0.39 is 10.4 Å². The second-order valence-corrected chi connectivity index (χ2v) is 14.9. The second-order valence-electron chi connectivity index (χ2n) is 14.9. The van der Waals surface area contributed by atoms with Crippen LogP contribution >= 0.6 is 0 Å². The van der Waals surface area contributed by atoms with Crippen LogP contribution in [0, 0.1) is 0 Å². The molecular weight excluding hydrogens is 610 g/mol. The molecule has 0 aromatic rings. The molecule has 0 heterocycles. The molecular formula is C43H82NO5+. The number of carbonyl (C=O) groups excluding carboxylic acids is 2. The molecule has 0 amide bonds. The Morgan fingerprint density at radius 2 is 0.857 bits per heavy atom. The molecule has 1 unspecified atom stereocenters. The highest BCUT2D eigenvalue weighted by Gasteiger charge is 2.50. The highest BCUT2D eigenvalue weighted by atomic mass is 16.7. The molecule has 0 aliphatic rings. The first-order chi connectivity index (χ1) is 23.7. The highest BCUT2D eigenvalue weighted by Crippen LogP contribution is 2.28. The van der Waals surface area contributed by atoms with E-state index in [0.717, 1.165) is 51.4 Å². The van der Waals surface area contributed by atoms with Gasteiger partial charge in [-0.1, -0.05) is 148 Å². The molecule has 6 heteroatoms. The zero-order chi connectivity index (χ0) is 36.3. The maximum Gasteiger partial charge on any atom is 0.310 e. The number of unbranched alkanes of at least 4 members (excludes halogenated alkanes) is 22. The molecule has 1 atom stereocenters. The molecule has 0 saturated carbocycles. The van der Waals surface area contributed by atoms with Gasteiger partial charge in [0.2, 0.25) is 0 Å². The lowest BCUT2D eigenvalue weighted by Crippen LogP contribution is -2.62. The minimum Gasteiger partial charge on any atom is -0.455 e. The number of hydrogen-bond acceptors (Lipinski definition) is 5. The summed E-state index contributed by atoms with van der Waals surface area (Å²) in [7, 11) is 3.17. The number of nitrogens with zero attached hydrogens (tertiary/aromatic N) is 1. The molecule has 0 bridgehead atoms. The molecule has 6 nitrogen and oxygen atoms in total. The van der Waals surface area contributed by atoms with E-state index in [2.05, 4.69) is 38.2 Å². The van der Waals surface area contributed by atoms with Crippen LogP contribution in [0.2, 0.25) is 0 Å². The van der Waals surface area contributed by atoms with E-state index in [-0.39, 0.29) is 18.5 Å². The van der Waals surface area contributed by atoms with E-state index >= 15 is 0 Å². The topological polar surface area (TPSA) is 72.8 Å². The van der Waals surface area contributed by atoms with Crippen LogP contribution in [-0.4, -0.2) is 48.2 Å². The SMILES string of the molecule is CCCCCCCCC=CCCCCCCCC(=O)OCC(CCC)(OC(=O)CCCCCCCC=CCCCCCCCC)[N+](C)(C)O. The first-order valence-corrected chi connectivity index (χ1v) is 21.0. The van der Waals surface area contributed by atoms with Gasteiger partial charge in [0.05, 0.1) is 0 Å². The van der Waals surface area contributed by atoms with Gasteiger partial charge in [0.25, 0.3) is 0 Å². The maximum absolute atomic E-state index is 12.9. The number of allylic oxidation sites excluding steroid dienone is 4. The molecule has 0 spiro atoms. The summed E-state index contributed by atoms with van der Waals surface area (Å²) in [4.78, 5) is 25.5. The molecule has 288 valence electrons. The Hall–Kier alpha value is -1.66. The summed E-state index contributed by atoms with van der Waals surface area (Å²) in [6.07, 6.45) is 42.5. The Morgan fingerprint density at radius 1 is 0.510 bits per heavy atom. The summed E-state index contributed by atoms with van der Waals surface area (Å²) < 4.78 is 11.0. The summed E-state index contributed by atoms with van der Waals surface area (Å²) in [6.45, 7) is 6.37. The van der Waals surface area contributed by atoms with E-state index in [4.69, 9.17) is 9.47 Å². The standard InChI is InChI=1S/C43H82NO5/c1-6-9-11-13-15-17-19-21-23-25-27-29-31-33-35-37-41(45)48-40-43(39-8-3,44(4,5)47)49-42(46)38-36-34-32-30-28-26-24-22-20-18-16-14-12-10-7-2/h21-24,47H,6-20,25-40H2,1-5H3/q+1. The third-order valence-electron chi connectivity index (χ3n) is 9.69. The molecule has 0 fully saturated rings. The molecule has 0 radical (unpaired) electrons. The third kappa shape index (κ3) is 28.7. The Balaban J connectivity index is 4.19. The molecule has 0 aliphatic heterocycles. The van der Waals surface area contributed by atoms with Gasteiger partial charge < -0.3 is 9.47 Å². The average molecular weight is 693 g/mol. The molecule has 0 rings (SSSR count).